The lowest BCUT2D eigenvalue weighted by molar-refractivity contribution is 0.395. The zero-order valence-corrected chi connectivity index (χ0v) is 10.2. The van der Waals surface area contributed by atoms with Crippen molar-refractivity contribution in [3.8, 4) is 0 Å². The Morgan fingerprint density at radius 3 is 2.81 bits per heavy atom. The Morgan fingerprint density at radius 2 is 2.31 bits per heavy atom. The van der Waals surface area contributed by atoms with Crippen molar-refractivity contribution in [2.24, 2.45) is 5.92 Å². The highest BCUT2D eigenvalue weighted by molar-refractivity contribution is 7.89. The van der Waals surface area contributed by atoms with Gasteiger partial charge in [0.25, 0.3) is 0 Å². The number of hydrogen-bond acceptors (Lipinski definition) is 3. The van der Waals surface area contributed by atoms with Gasteiger partial charge in [-0.25, -0.2) is 8.42 Å². The van der Waals surface area contributed by atoms with Crippen molar-refractivity contribution in [3.05, 3.63) is 12.4 Å². The molecule has 0 amide bonds. The molecule has 1 saturated carbocycles. The lowest BCUT2D eigenvalue weighted by Gasteiger charge is -2.20. The monoisotopic (exact) mass is 243 g/mol. The average Bonchev–Trinajstić information content (AvgIpc) is 2.89. The summed E-state index contributed by atoms with van der Waals surface area (Å²) in [6.07, 6.45) is 5.95. The van der Waals surface area contributed by atoms with Crippen LogP contribution in [0.3, 0.4) is 0 Å². The molecule has 1 aromatic rings. The van der Waals surface area contributed by atoms with Gasteiger partial charge in [-0.05, 0) is 25.2 Å². The molecule has 1 aromatic heterocycles. The van der Waals surface area contributed by atoms with E-state index in [0.29, 0.717) is 19.0 Å². The van der Waals surface area contributed by atoms with Gasteiger partial charge in [0.15, 0.2) is 0 Å². The molecule has 1 aliphatic rings. The molecule has 1 N–H and O–H groups in total. The van der Waals surface area contributed by atoms with Gasteiger partial charge in [-0.2, -0.15) is 9.40 Å². The molecule has 0 bridgehead atoms. The van der Waals surface area contributed by atoms with E-state index < -0.39 is 10.0 Å². The van der Waals surface area contributed by atoms with Gasteiger partial charge in [-0.1, -0.05) is 6.92 Å². The Balaban J connectivity index is 2.16. The molecule has 0 atom stereocenters. The van der Waals surface area contributed by atoms with E-state index in [0.717, 1.165) is 19.3 Å². The molecule has 2 rings (SSSR count). The van der Waals surface area contributed by atoms with Crippen LogP contribution in [0.1, 0.15) is 26.2 Å². The summed E-state index contributed by atoms with van der Waals surface area (Å²) >= 11 is 0. The van der Waals surface area contributed by atoms with Crippen LogP contribution in [-0.2, 0) is 10.0 Å². The third-order valence-corrected chi connectivity index (χ3v) is 4.57. The molecule has 0 aliphatic heterocycles. The molecular weight excluding hydrogens is 226 g/mol. The largest absolute Gasteiger partial charge is 0.284 e. The van der Waals surface area contributed by atoms with Crippen molar-refractivity contribution in [1.29, 1.82) is 0 Å². The highest BCUT2D eigenvalue weighted by Crippen LogP contribution is 2.31. The van der Waals surface area contributed by atoms with Crippen LogP contribution in [0.15, 0.2) is 17.3 Å². The van der Waals surface area contributed by atoms with Crippen LogP contribution in [0.2, 0.25) is 0 Å². The minimum Gasteiger partial charge on any atom is -0.284 e. The van der Waals surface area contributed by atoms with Crippen molar-refractivity contribution in [1.82, 2.24) is 14.5 Å². The first kappa shape index (κ1) is 11.6. The molecule has 90 valence electrons. The molecule has 16 heavy (non-hydrogen) atoms. The number of aromatic nitrogens is 2. The third-order valence-electron chi connectivity index (χ3n) is 2.74. The van der Waals surface area contributed by atoms with Crippen LogP contribution >= 0.6 is 0 Å². The van der Waals surface area contributed by atoms with Crippen LogP contribution in [0, 0.1) is 5.92 Å². The van der Waals surface area contributed by atoms with Gasteiger partial charge in [0.05, 0.1) is 6.20 Å². The normalized spacial score (nSPS) is 16.9. The predicted molar refractivity (Wildman–Crippen MR) is 60.4 cm³/mol. The number of H-pyrrole nitrogens is 1. The third kappa shape index (κ3) is 2.44. The molecule has 1 aliphatic carbocycles. The number of aromatic amines is 1. The van der Waals surface area contributed by atoms with Crippen molar-refractivity contribution < 1.29 is 8.42 Å². The number of nitrogens with zero attached hydrogens (tertiary/aromatic N) is 2. The van der Waals surface area contributed by atoms with Crippen molar-refractivity contribution in [2.75, 3.05) is 13.1 Å². The Labute approximate surface area is 95.9 Å². The smallest absolute Gasteiger partial charge is 0.246 e. The number of nitrogens with one attached hydrogen (secondary N) is 1. The first-order valence-electron chi connectivity index (χ1n) is 5.63. The molecule has 0 spiro atoms. The number of hydrogen-bond donors (Lipinski definition) is 1. The van der Waals surface area contributed by atoms with Gasteiger partial charge in [-0.15, -0.1) is 0 Å². The van der Waals surface area contributed by atoms with Gasteiger partial charge >= 0.3 is 0 Å². The van der Waals surface area contributed by atoms with E-state index in [1.165, 1.54) is 12.4 Å². The first-order chi connectivity index (χ1) is 7.64. The number of rotatable bonds is 6. The fraction of sp³-hybridized carbons (Fsp3) is 0.700. The Morgan fingerprint density at radius 1 is 1.56 bits per heavy atom. The molecule has 0 unspecified atom stereocenters. The summed E-state index contributed by atoms with van der Waals surface area (Å²) in [7, 11) is -3.34. The Hall–Kier alpha value is -0.880. The van der Waals surface area contributed by atoms with Crippen LogP contribution in [0.25, 0.3) is 0 Å². The average molecular weight is 243 g/mol. The fourth-order valence-electron chi connectivity index (χ4n) is 1.68. The molecule has 0 saturated heterocycles. The van der Waals surface area contributed by atoms with Crippen molar-refractivity contribution >= 4 is 10.0 Å². The SMILES string of the molecule is CCCN(CC1CC1)S(=O)(=O)c1cn[nH]c1. The van der Waals surface area contributed by atoms with Gasteiger partial charge in [0.2, 0.25) is 10.0 Å². The minimum absolute atomic E-state index is 0.265. The molecule has 1 heterocycles. The van der Waals surface area contributed by atoms with Gasteiger partial charge < -0.3 is 0 Å². The van der Waals surface area contributed by atoms with E-state index >= 15 is 0 Å². The fourth-order valence-corrected chi connectivity index (χ4v) is 3.19. The Bertz CT molecular complexity index is 423. The van der Waals surface area contributed by atoms with Crippen LogP contribution in [-0.4, -0.2) is 36.0 Å². The van der Waals surface area contributed by atoms with E-state index in [-0.39, 0.29) is 4.90 Å². The summed E-state index contributed by atoms with van der Waals surface area (Å²) in [6.45, 7) is 3.23. The Kier molecular flexibility index (Phi) is 3.30. The second kappa shape index (κ2) is 4.55. The van der Waals surface area contributed by atoms with Crippen LogP contribution in [0.4, 0.5) is 0 Å². The van der Waals surface area contributed by atoms with Gasteiger partial charge in [0.1, 0.15) is 4.90 Å². The van der Waals surface area contributed by atoms with E-state index in [2.05, 4.69) is 10.2 Å². The predicted octanol–water partition coefficient (Wildman–Crippen LogP) is 1.22. The topological polar surface area (TPSA) is 66.1 Å². The molecular formula is C10H17N3O2S. The summed E-state index contributed by atoms with van der Waals surface area (Å²) in [5, 5.41) is 6.24. The van der Waals surface area contributed by atoms with E-state index in [1.54, 1.807) is 4.31 Å². The van der Waals surface area contributed by atoms with E-state index in [1.807, 2.05) is 6.92 Å². The maximum Gasteiger partial charge on any atom is 0.246 e. The van der Waals surface area contributed by atoms with Gasteiger partial charge in [0, 0.05) is 19.3 Å². The number of sulfonamides is 1. The molecule has 1 fully saturated rings. The highest BCUT2D eigenvalue weighted by atomic mass is 32.2. The summed E-state index contributed by atoms with van der Waals surface area (Å²) in [5.41, 5.74) is 0. The lowest BCUT2D eigenvalue weighted by atomic mass is 10.4. The van der Waals surface area contributed by atoms with Crippen molar-refractivity contribution in [3.63, 3.8) is 0 Å². The molecule has 5 nitrogen and oxygen atoms in total. The summed E-state index contributed by atoms with van der Waals surface area (Å²) < 4.78 is 26.0. The summed E-state index contributed by atoms with van der Waals surface area (Å²) in [6, 6.07) is 0. The zero-order chi connectivity index (χ0) is 11.6. The second-order valence-corrected chi connectivity index (χ2v) is 6.18. The lowest BCUT2D eigenvalue weighted by Crippen LogP contribution is -2.33. The minimum atomic E-state index is -3.34. The first-order valence-corrected chi connectivity index (χ1v) is 7.07. The maximum absolute atomic E-state index is 12.2. The van der Waals surface area contributed by atoms with Crippen LogP contribution < -0.4 is 0 Å². The zero-order valence-electron chi connectivity index (χ0n) is 9.39. The van der Waals surface area contributed by atoms with Gasteiger partial charge in [-0.3, -0.25) is 5.10 Å². The standard InChI is InChI=1S/C10H17N3O2S/c1-2-5-13(8-9-3-4-9)16(14,15)10-6-11-12-7-10/h6-7,9H,2-5,8H2,1H3,(H,11,12). The molecule has 0 radical (unpaired) electrons. The van der Waals surface area contributed by atoms with Crippen molar-refractivity contribution in [2.45, 2.75) is 31.1 Å². The maximum atomic E-state index is 12.2. The second-order valence-electron chi connectivity index (χ2n) is 4.24. The summed E-state index contributed by atoms with van der Waals surface area (Å²) in [4.78, 5) is 0.265. The summed E-state index contributed by atoms with van der Waals surface area (Å²) in [5.74, 6) is 0.563. The molecule has 0 aromatic carbocycles. The van der Waals surface area contributed by atoms with E-state index in [4.69, 9.17) is 0 Å². The molecule has 6 heteroatoms. The highest BCUT2D eigenvalue weighted by Gasteiger charge is 2.31. The quantitative estimate of drug-likeness (QED) is 0.817. The van der Waals surface area contributed by atoms with Crippen LogP contribution in [0.5, 0.6) is 0 Å². The van der Waals surface area contributed by atoms with E-state index in [9.17, 15) is 8.42 Å².